The van der Waals surface area contributed by atoms with Gasteiger partial charge in [-0.15, -0.1) is 0 Å². The number of aryl methyl sites for hydroxylation is 1. The molecular formula is C27H40O4. The van der Waals surface area contributed by atoms with Crippen molar-refractivity contribution in [3.8, 4) is 5.75 Å². The molecular weight excluding hydrogens is 388 g/mol. The fourth-order valence-corrected chi connectivity index (χ4v) is 4.02. The molecule has 0 spiro atoms. The van der Waals surface area contributed by atoms with Crippen LogP contribution in [0, 0.1) is 6.92 Å². The van der Waals surface area contributed by atoms with E-state index < -0.39 is 5.63 Å². The number of hydrogen-bond acceptors (Lipinski definition) is 4. The first-order chi connectivity index (χ1) is 15.1. The Bertz CT molecular complexity index is 837. The summed E-state index contributed by atoms with van der Waals surface area (Å²) in [6, 6.07) is 6.65. The standard InChI is InChI=1S/C27H40O4/c1-3-4-5-6-7-8-9-10-11-12-13-14-15-16-17-26(28)30-23-18-19-24-22(2)20-27(29)31-25(24)21-23/h18-21H,3-17H2,1-2H3. The Kier molecular flexibility index (Phi) is 12.0. The van der Waals surface area contributed by atoms with Gasteiger partial charge >= 0.3 is 11.6 Å². The number of hydrogen-bond donors (Lipinski definition) is 0. The van der Waals surface area contributed by atoms with Crippen LogP contribution in [0.1, 0.15) is 109 Å². The summed E-state index contributed by atoms with van der Waals surface area (Å²) < 4.78 is 10.6. The zero-order valence-electron chi connectivity index (χ0n) is 19.5. The van der Waals surface area contributed by atoms with Crippen LogP contribution < -0.4 is 10.4 Å². The minimum absolute atomic E-state index is 0.228. The number of rotatable bonds is 16. The Morgan fingerprint density at radius 3 is 1.94 bits per heavy atom. The molecule has 31 heavy (non-hydrogen) atoms. The van der Waals surface area contributed by atoms with Gasteiger partial charge in [-0.3, -0.25) is 4.79 Å². The average molecular weight is 429 g/mol. The first kappa shape index (κ1) is 25.2. The second kappa shape index (κ2) is 14.8. The molecule has 4 heteroatoms. The van der Waals surface area contributed by atoms with Crippen molar-refractivity contribution in [2.45, 2.75) is 110 Å². The largest absolute Gasteiger partial charge is 0.426 e. The first-order valence-electron chi connectivity index (χ1n) is 12.4. The highest BCUT2D eigenvalue weighted by Crippen LogP contribution is 2.22. The summed E-state index contributed by atoms with van der Waals surface area (Å²) in [5.74, 6) is 0.199. The predicted molar refractivity (Wildman–Crippen MR) is 128 cm³/mol. The molecule has 0 amide bonds. The van der Waals surface area contributed by atoms with Crippen LogP contribution in [-0.2, 0) is 4.79 Å². The lowest BCUT2D eigenvalue weighted by Gasteiger charge is -2.06. The average Bonchev–Trinajstić information content (AvgIpc) is 2.73. The number of esters is 1. The third-order valence-electron chi connectivity index (χ3n) is 5.89. The van der Waals surface area contributed by atoms with E-state index in [4.69, 9.17) is 9.15 Å². The van der Waals surface area contributed by atoms with E-state index in [0.29, 0.717) is 17.8 Å². The number of unbranched alkanes of at least 4 members (excludes halogenated alkanes) is 13. The van der Waals surface area contributed by atoms with E-state index in [1.54, 1.807) is 12.1 Å². The number of carbonyl (C=O) groups is 1. The molecule has 0 radical (unpaired) electrons. The summed E-state index contributed by atoms with van der Waals surface area (Å²) in [6.07, 6.45) is 18.5. The maximum Gasteiger partial charge on any atom is 0.336 e. The van der Waals surface area contributed by atoms with E-state index in [2.05, 4.69) is 6.92 Å². The molecule has 4 nitrogen and oxygen atoms in total. The van der Waals surface area contributed by atoms with Gasteiger partial charge in [-0.25, -0.2) is 4.79 Å². The van der Waals surface area contributed by atoms with Crippen molar-refractivity contribution >= 4 is 16.9 Å². The van der Waals surface area contributed by atoms with E-state index >= 15 is 0 Å². The lowest BCUT2D eigenvalue weighted by atomic mass is 10.0. The van der Waals surface area contributed by atoms with Crippen molar-refractivity contribution < 1.29 is 13.9 Å². The van der Waals surface area contributed by atoms with Gasteiger partial charge in [0.15, 0.2) is 0 Å². The van der Waals surface area contributed by atoms with E-state index in [0.717, 1.165) is 23.8 Å². The molecule has 1 aromatic carbocycles. The second-order valence-electron chi connectivity index (χ2n) is 8.73. The molecule has 2 rings (SSSR count). The lowest BCUT2D eigenvalue weighted by Crippen LogP contribution is -2.07. The molecule has 0 bridgehead atoms. The third kappa shape index (κ3) is 10.2. The Balaban J connectivity index is 1.49. The van der Waals surface area contributed by atoms with E-state index in [1.807, 2.05) is 13.0 Å². The molecule has 0 saturated heterocycles. The van der Waals surface area contributed by atoms with E-state index in [9.17, 15) is 9.59 Å². The van der Waals surface area contributed by atoms with Crippen LogP contribution in [0.4, 0.5) is 0 Å². The smallest absolute Gasteiger partial charge is 0.336 e. The van der Waals surface area contributed by atoms with Gasteiger partial charge in [0.1, 0.15) is 11.3 Å². The number of benzene rings is 1. The first-order valence-corrected chi connectivity index (χ1v) is 12.4. The van der Waals surface area contributed by atoms with Crippen molar-refractivity contribution in [1.82, 2.24) is 0 Å². The molecule has 0 atom stereocenters. The van der Waals surface area contributed by atoms with Gasteiger partial charge < -0.3 is 9.15 Å². The monoisotopic (exact) mass is 428 g/mol. The zero-order chi connectivity index (χ0) is 22.3. The minimum atomic E-state index is -0.393. The van der Waals surface area contributed by atoms with Crippen molar-refractivity contribution in [1.29, 1.82) is 0 Å². The molecule has 0 aliphatic rings. The zero-order valence-corrected chi connectivity index (χ0v) is 19.5. The van der Waals surface area contributed by atoms with Crippen LogP contribution in [0.3, 0.4) is 0 Å². The van der Waals surface area contributed by atoms with Gasteiger partial charge in [0.2, 0.25) is 0 Å². The van der Waals surface area contributed by atoms with Crippen molar-refractivity contribution in [3.63, 3.8) is 0 Å². The third-order valence-corrected chi connectivity index (χ3v) is 5.89. The second-order valence-corrected chi connectivity index (χ2v) is 8.73. The Hall–Kier alpha value is -2.10. The molecule has 2 aromatic rings. The fraction of sp³-hybridized carbons (Fsp3) is 0.630. The van der Waals surface area contributed by atoms with Crippen LogP contribution in [0.15, 0.2) is 33.5 Å². The Morgan fingerprint density at radius 2 is 1.35 bits per heavy atom. The SMILES string of the molecule is CCCCCCCCCCCCCCCCC(=O)Oc1ccc2c(C)cc(=O)oc2c1. The quantitative estimate of drug-likeness (QED) is 0.118. The molecule has 0 N–H and O–H groups in total. The molecule has 0 aliphatic carbocycles. The van der Waals surface area contributed by atoms with Crippen molar-refractivity contribution in [2.24, 2.45) is 0 Å². The maximum atomic E-state index is 12.1. The van der Waals surface area contributed by atoms with Gasteiger partial charge in [0.25, 0.3) is 0 Å². The molecule has 1 aromatic heterocycles. The van der Waals surface area contributed by atoms with Gasteiger partial charge in [-0.2, -0.15) is 0 Å². The van der Waals surface area contributed by atoms with Gasteiger partial charge in [-0.05, 0) is 31.0 Å². The molecule has 0 unspecified atom stereocenters. The lowest BCUT2D eigenvalue weighted by molar-refractivity contribution is -0.134. The highest BCUT2D eigenvalue weighted by molar-refractivity contribution is 5.82. The normalized spacial score (nSPS) is 11.2. The van der Waals surface area contributed by atoms with Crippen LogP contribution in [0.5, 0.6) is 5.75 Å². The number of ether oxygens (including phenoxy) is 1. The summed E-state index contributed by atoms with van der Waals surface area (Å²) in [6.45, 7) is 4.13. The van der Waals surface area contributed by atoms with Gasteiger partial charge in [-0.1, -0.05) is 90.4 Å². The van der Waals surface area contributed by atoms with Gasteiger partial charge in [0.05, 0.1) is 0 Å². The highest BCUT2D eigenvalue weighted by Gasteiger charge is 2.08. The summed E-state index contributed by atoms with van der Waals surface area (Å²) in [7, 11) is 0. The summed E-state index contributed by atoms with van der Waals surface area (Å²) >= 11 is 0. The fourth-order valence-electron chi connectivity index (χ4n) is 4.02. The van der Waals surface area contributed by atoms with Crippen LogP contribution >= 0.6 is 0 Å². The number of fused-ring (bicyclic) bond motifs is 1. The van der Waals surface area contributed by atoms with E-state index in [1.165, 1.54) is 83.1 Å². The number of carbonyl (C=O) groups excluding carboxylic acids is 1. The van der Waals surface area contributed by atoms with E-state index in [-0.39, 0.29) is 5.97 Å². The Morgan fingerprint density at radius 1 is 0.806 bits per heavy atom. The molecule has 172 valence electrons. The van der Waals surface area contributed by atoms with Gasteiger partial charge in [0, 0.05) is 23.9 Å². The summed E-state index contributed by atoms with van der Waals surface area (Å²) in [5, 5.41) is 0.853. The summed E-state index contributed by atoms with van der Waals surface area (Å²) in [5.41, 5.74) is 0.911. The maximum absolute atomic E-state index is 12.1. The highest BCUT2D eigenvalue weighted by atomic mass is 16.5. The predicted octanol–water partition coefficient (Wildman–Crippen LogP) is 7.88. The van der Waals surface area contributed by atoms with Crippen LogP contribution in [0.25, 0.3) is 11.0 Å². The summed E-state index contributed by atoms with van der Waals surface area (Å²) in [4.78, 5) is 23.6. The Labute approximate surface area is 187 Å². The van der Waals surface area contributed by atoms with Crippen LogP contribution in [-0.4, -0.2) is 5.97 Å². The molecule has 0 aliphatic heterocycles. The van der Waals surface area contributed by atoms with Crippen molar-refractivity contribution in [2.75, 3.05) is 0 Å². The molecule has 0 fully saturated rings. The molecule has 0 saturated carbocycles. The van der Waals surface area contributed by atoms with Crippen LogP contribution in [0.2, 0.25) is 0 Å². The van der Waals surface area contributed by atoms with Crippen molar-refractivity contribution in [3.05, 3.63) is 40.2 Å². The minimum Gasteiger partial charge on any atom is -0.426 e. The molecule has 1 heterocycles. The topological polar surface area (TPSA) is 56.5 Å².